The molecule has 0 aliphatic rings. The molecule has 0 radical (unpaired) electrons. The molecule has 0 fully saturated rings. The van der Waals surface area contributed by atoms with Crippen molar-refractivity contribution in [2.45, 2.75) is 52.7 Å². The summed E-state index contributed by atoms with van der Waals surface area (Å²) in [6.45, 7) is 9.41. The minimum atomic E-state index is -0.581. The van der Waals surface area contributed by atoms with Crippen LogP contribution >= 0.6 is 0 Å². The van der Waals surface area contributed by atoms with Crippen molar-refractivity contribution >= 4 is 11.9 Å². The molecule has 2 N–H and O–H groups in total. The van der Waals surface area contributed by atoms with E-state index in [4.69, 9.17) is 19.7 Å². The molecule has 0 aromatic heterocycles. The standard InChI is InChI=1S/2C6H12O3/c2*1-6(2,3)9-5(8)4-7/h2*7H,4H2,1-3H3. The van der Waals surface area contributed by atoms with Gasteiger partial charge in [-0.25, -0.2) is 9.59 Å². The number of hydrogen-bond acceptors (Lipinski definition) is 6. The number of esters is 2. The van der Waals surface area contributed by atoms with E-state index in [0.717, 1.165) is 0 Å². The lowest BCUT2D eigenvalue weighted by atomic mass is 10.2. The maximum atomic E-state index is 10.4. The van der Waals surface area contributed by atoms with Gasteiger partial charge in [-0.1, -0.05) is 0 Å². The van der Waals surface area contributed by atoms with E-state index in [-0.39, 0.29) is 0 Å². The van der Waals surface area contributed by atoms with Crippen LogP contribution in [0, 0.1) is 0 Å². The molecule has 0 amide bonds. The summed E-state index contributed by atoms with van der Waals surface area (Å²) in [5.41, 5.74) is -0.973. The molecule has 6 nitrogen and oxygen atoms in total. The molecule has 0 spiro atoms. The highest BCUT2D eigenvalue weighted by Gasteiger charge is 2.15. The Kier molecular flexibility index (Phi) is 8.59. The molecular formula is C12H24O6. The monoisotopic (exact) mass is 264 g/mol. The van der Waals surface area contributed by atoms with Crippen LogP contribution in [0.25, 0.3) is 0 Å². The Hall–Kier alpha value is -1.14. The summed E-state index contributed by atoms with van der Waals surface area (Å²) in [4.78, 5) is 20.7. The second-order valence-electron chi connectivity index (χ2n) is 5.49. The molecule has 0 saturated heterocycles. The fourth-order valence-electron chi connectivity index (χ4n) is 0.748. The lowest BCUT2D eigenvalue weighted by molar-refractivity contribution is -0.159. The maximum Gasteiger partial charge on any atom is 0.332 e. The highest BCUT2D eigenvalue weighted by atomic mass is 16.6. The van der Waals surface area contributed by atoms with Crippen LogP contribution in [0.1, 0.15) is 41.5 Å². The van der Waals surface area contributed by atoms with Gasteiger partial charge in [0.15, 0.2) is 0 Å². The Balaban J connectivity index is 0. The van der Waals surface area contributed by atoms with Gasteiger partial charge in [0.25, 0.3) is 0 Å². The van der Waals surface area contributed by atoms with Gasteiger partial charge in [-0.15, -0.1) is 0 Å². The Labute approximate surface area is 108 Å². The van der Waals surface area contributed by atoms with Crippen molar-refractivity contribution in [1.82, 2.24) is 0 Å². The van der Waals surface area contributed by atoms with Crippen LogP contribution in [0.4, 0.5) is 0 Å². The van der Waals surface area contributed by atoms with Crippen LogP contribution in [-0.4, -0.2) is 46.6 Å². The number of aliphatic hydroxyl groups excluding tert-OH is 2. The first-order valence-electron chi connectivity index (χ1n) is 5.56. The Morgan fingerprint density at radius 3 is 1.06 bits per heavy atom. The first kappa shape index (κ1) is 19.2. The molecule has 0 aliphatic heterocycles. The zero-order chi connectivity index (χ0) is 15.0. The van der Waals surface area contributed by atoms with Crippen molar-refractivity contribution in [3.05, 3.63) is 0 Å². The van der Waals surface area contributed by atoms with Gasteiger partial charge < -0.3 is 19.7 Å². The van der Waals surface area contributed by atoms with Crippen LogP contribution in [0.5, 0.6) is 0 Å². The quantitative estimate of drug-likeness (QED) is 0.711. The lowest BCUT2D eigenvalue weighted by Crippen LogP contribution is -2.25. The average Bonchev–Trinajstić information content (AvgIpc) is 2.13. The zero-order valence-corrected chi connectivity index (χ0v) is 11.9. The molecule has 18 heavy (non-hydrogen) atoms. The van der Waals surface area contributed by atoms with Crippen molar-refractivity contribution < 1.29 is 29.3 Å². The average molecular weight is 264 g/mol. The van der Waals surface area contributed by atoms with E-state index in [2.05, 4.69) is 0 Å². The second kappa shape index (κ2) is 8.05. The summed E-state index contributed by atoms with van der Waals surface area (Å²) in [6.07, 6.45) is 0. The van der Waals surface area contributed by atoms with E-state index >= 15 is 0 Å². The Morgan fingerprint density at radius 2 is 1.00 bits per heavy atom. The van der Waals surface area contributed by atoms with E-state index in [1.807, 2.05) is 0 Å². The predicted molar refractivity (Wildman–Crippen MR) is 65.9 cm³/mol. The molecule has 0 bridgehead atoms. The van der Waals surface area contributed by atoms with Crippen molar-refractivity contribution in [2.24, 2.45) is 0 Å². The van der Waals surface area contributed by atoms with Crippen LogP contribution < -0.4 is 0 Å². The fourth-order valence-corrected chi connectivity index (χ4v) is 0.748. The summed E-state index contributed by atoms with van der Waals surface area (Å²) in [6, 6.07) is 0. The number of aliphatic hydroxyl groups is 2. The molecule has 0 aliphatic carbocycles. The first-order valence-corrected chi connectivity index (χ1v) is 5.56. The minimum Gasteiger partial charge on any atom is -0.458 e. The van der Waals surface area contributed by atoms with Gasteiger partial charge in [-0.3, -0.25) is 0 Å². The highest BCUT2D eigenvalue weighted by Crippen LogP contribution is 2.06. The molecule has 0 aromatic rings. The summed E-state index contributed by atoms with van der Waals surface area (Å²) in [5, 5.41) is 16.4. The second-order valence-corrected chi connectivity index (χ2v) is 5.49. The lowest BCUT2D eigenvalue weighted by Gasteiger charge is -2.18. The third-order valence-electron chi connectivity index (χ3n) is 1.10. The smallest absolute Gasteiger partial charge is 0.332 e. The van der Waals surface area contributed by atoms with Crippen LogP contribution in [0.2, 0.25) is 0 Å². The van der Waals surface area contributed by atoms with Gasteiger partial charge >= 0.3 is 11.9 Å². The number of ether oxygens (including phenoxy) is 2. The van der Waals surface area contributed by atoms with Crippen molar-refractivity contribution in [2.75, 3.05) is 13.2 Å². The largest absolute Gasteiger partial charge is 0.458 e. The van der Waals surface area contributed by atoms with Gasteiger partial charge in [0, 0.05) is 0 Å². The van der Waals surface area contributed by atoms with Crippen molar-refractivity contribution in [3.63, 3.8) is 0 Å². The van der Waals surface area contributed by atoms with E-state index in [9.17, 15) is 9.59 Å². The SMILES string of the molecule is CC(C)(C)OC(=O)CO.CC(C)(C)OC(=O)CO. The number of hydrogen-bond donors (Lipinski definition) is 2. The number of carbonyl (C=O) groups is 2. The third-order valence-corrected chi connectivity index (χ3v) is 1.10. The summed E-state index contributed by atoms with van der Waals surface area (Å²) in [5.74, 6) is -1.16. The van der Waals surface area contributed by atoms with Gasteiger partial charge in [0.2, 0.25) is 0 Å². The van der Waals surface area contributed by atoms with Crippen LogP contribution in [0.3, 0.4) is 0 Å². The topological polar surface area (TPSA) is 93.1 Å². The molecule has 0 rings (SSSR count). The maximum absolute atomic E-state index is 10.4. The van der Waals surface area contributed by atoms with Gasteiger partial charge in [0.05, 0.1) is 0 Å². The molecule has 0 atom stereocenters. The Morgan fingerprint density at radius 1 is 0.778 bits per heavy atom. The molecule has 0 unspecified atom stereocenters. The summed E-state index contributed by atoms with van der Waals surface area (Å²) in [7, 11) is 0. The molecule has 0 heterocycles. The Bertz CT molecular complexity index is 231. The number of rotatable bonds is 2. The van der Waals surface area contributed by atoms with Crippen molar-refractivity contribution in [3.8, 4) is 0 Å². The van der Waals surface area contributed by atoms with Gasteiger partial charge in [0.1, 0.15) is 24.4 Å². The van der Waals surface area contributed by atoms with E-state index < -0.39 is 36.4 Å². The van der Waals surface area contributed by atoms with Gasteiger partial charge in [-0.2, -0.15) is 0 Å². The van der Waals surface area contributed by atoms with E-state index in [1.165, 1.54) is 0 Å². The highest BCUT2D eigenvalue weighted by molar-refractivity contribution is 5.71. The zero-order valence-electron chi connectivity index (χ0n) is 11.9. The van der Waals surface area contributed by atoms with Crippen molar-refractivity contribution in [1.29, 1.82) is 0 Å². The minimum absolute atomic E-state index is 0.486. The first-order chi connectivity index (χ1) is 7.91. The third kappa shape index (κ3) is 17.3. The van der Waals surface area contributed by atoms with Crippen LogP contribution in [0.15, 0.2) is 0 Å². The summed E-state index contributed by atoms with van der Waals surface area (Å²) < 4.78 is 9.40. The number of carbonyl (C=O) groups excluding carboxylic acids is 2. The molecule has 0 aromatic carbocycles. The van der Waals surface area contributed by atoms with Gasteiger partial charge in [-0.05, 0) is 41.5 Å². The fraction of sp³-hybridized carbons (Fsp3) is 0.833. The molecule has 6 heteroatoms. The van der Waals surface area contributed by atoms with E-state index in [0.29, 0.717) is 0 Å². The normalized spacial score (nSPS) is 11.1. The molecular weight excluding hydrogens is 240 g/mol. The summed E-state index contributed by atoms with van der Waals surface area (Å²) >= 11 is 0. The van der Waals surface area contributed by atoms with Crippen LogP contribution in [-0.2, 0) is 19.1 Å². The van der Waals surface area contributed by atoms with E-state index in [1.54, 1.807) is 41.5 Å². The molecule has 108 valence electrons. The predicted octanol–water partition coefficient (Wildman–Crippen LogP) is 0.641. The molecule has 0 saturated carbocycles.